The summed E-state index contributed by atoms with van der Waals surface area (Å²) in [7, 11) is 0. The fourth-order valence-electron chi connectivity index (χ4n) is 2.36. The summed E-state index contributed by atoms with van der Waals surface area (Å²) >= 11 is 1.65. The van der Waals surface area contributed by atoms with E-state index in [0.29, 0.717) is 12.5 Å². The van der Waals surface area contributed by atoms with Crippen LogP contribution in [-0.4, -0.2) is 42.0 Å². The number of anilines is 1. The molecule has 0 saturated carbocycles. The topological polar surface area (TPSA) is 57.8 Å². The van der Waals surface area contributed by atoms with Gasteiger partial charge in [-0.05, 0) is 17.7 Å². The van der Waals surface area contributed by atoms with Gasteiger partial charge >= 0.3 is 0 Å². The fraction of sp³-hybridized carbons (Fsp3) is 0.333. The average molecular weight is 319 g/mol. The molecular weight excluding hydrogens is 301 g/mol. The lowest BCUT2D eigenvalue weighted by molar-refractivity contribution is 0.380. The Bertz CT molecular complexity index is 618. The molecule has 1 saturated heterocycles. The van der Waals surface area contributed by atoms with Crippen LogP contribution in [0.5, 0.6) is 0 Å². The van der Waals surface area contributed by atoms with Crippen LogP contribution in [0.25, 0.3) is 0 Å². The van der Waals surface area contributed by atoms with Gasteiger partial charge in [0.15, 0.2) is 11.1 Å². The number of thiazole rings is 1. The Hall–Kier alpha value is -2.15. The minimum Gasteiger partial charge on any atom is -0.370 e. The number of aromatic nitrogens is 1. The summed E-state index contributed by atoms with van der Waals surface area (Å²) in [6.07, 6.45) is 1.82. The summed E-state index contributed by atoms with van der Waals surface area (Å²) < 4.78 is 12.9. The molecule has 22 heavy (non-hydrogen) atoms. The van der Waals surface area contributed by atoms with E-state index in [9.17, 15) is 4.39 Å². The molecule has 2 heterocycles. The summed E-state index contributed by atoms with van der Waals surface area (Å²) in [5.74, 6) is 0.308. The molecule has 1 aliphatic rings. The normalized spacial score (nSPS) is 16.1. The molecule has 0 bridgehead atoms. The minimum absolute atomic E-state index is 0.237. The van der Waals surface area contributed by atoms with Gasteiger partial charge < -0.3 is 15.5 Å². The Balaban J connectivity index is 1.54. The zero-order valence-corrected chi connectivity index (χ0v) is 13.0. The summed E-state index contributed by atoms with van der Waals surface area (Å²) in [6, 6.07) is 6.33. The molecule has 0 spiro atoms. The third kappa shape index (κ3) is 3.54. The standard InChI is InChI=1S/C15H18FN5S/c16-13-3-1-12(2-4-13)11-19-14(17)20-6-8-21(9-7-20)15-18-5-10-22-15/h1-5,10H,6-9,11H2,(H2,17,19). The predicted molar refractivity (Wildman–Crippen MR) is 87.6 cm³/mol. The summed E-state index contributed by atoms with van der Waals surface area (Å²) in [5.41, 5.74) is 7.01. The molecule has 0 atom stereocenters. The van der Waals surface area contributed by atoms with Crippen LogP contribution in [0, 0.1) is 5.82 Å². The van der Waals surface area contributed by atoms with E-state index >= 15 is 0 Å². The number of benzene rings is 1. The van der Waals surface area contributed by atoms with Crippen LogP contribution in [0.15, 0.2) is 40.8 Å². The molecule has 1 aliphatic heterocycles. The van der Waals surface area contributed by atoms with Gasteiger partial charge in [-0.1, -0.05) is 12.1 Å². The van der Waals surface area contributed by atoms with E-state index in [1.54, 1.807) is 23.5 Å². The Morgan fingerprint density at radius 2 is 1.95 bits per heavy atom. The van der Waals surface area contributed by atoms with Crippen LogP contribution in [0.1, 0.15) is 5.56 Å². The second kappa shape index (κ2) is 6.74. The van der Waals surface area contributed by atoms with Gasteiger partial charge in [0.2, 0.25) is 0 Å². The number of guanidine groups is 1. The molecule has 1 aromatic carbocycles. The van der Waals surface area contributed by atoms with Gasteiger partial charge in [0.1, 0.15) is 5.82 Å². The molecule has 0 radical (unpaired) electrons. The zero-order valence-electron chi connectivity index (χ0n) is 12.2. The van der Waals surface area contributed by atoms with Gasteiger partial charge in [-0.25, -0.2) is 14.4 Å². The van der Waals surface area contributed by atoms with Gasteiger partial charge in [-0.2, -0.15) is 0 Å². The number of halogens is 1. The average Bonchev–Trinajstić information content (AvgIpc) is 3.09. The predicted octanol–water partition coefficient (Wildman–Crippen LogP) is 1.92. The highest BCUT2D eigenvalue weighted by atomic mass is 32.1. The number of hydrogen-bond acceptors (Lipinski definition) is 4. The van der Waals surface area contributed by atoms with Crippen molar-refractivity contribution in [3.05, 3.63) is 47.2 Å². The molecule has 2 N–H and O–H groups in total. The lowest BCUT2D eigenvalue weighted by Crippen LogP contribution is -2.51. The largest absolute Gasteiger partial charge is 0.370 e. The number of nitrogens with two attached hydrogens (primary N) is 1. The van der Waals surface area contributed by atoms with Gasteiger partial charge in [0.25, 0.3) is 0 Å². The molecule has 2 aromatic rings. The molecule has 0 unspecified atom stereocenters. The van der Waals surface area contributed by atoms with Crippen LogP contribution < -0.4 is 10.6 Å². The highest BCUT2D eigenvalue weighted by Gasteiger charge is 2.19. The van der Waals surface area contributed by atoms with Crippen molar-refractivity contribution in [3.8, 4) is 0 Å². The number of rotatable bonds is 3. The van der Waals surface area contributed by atoms with Crippen molar-refractivity contribution in [2.75, 3.05) is 31.1 Å². The first kappa shape index (κ1) is 14.8. The molecule has 1 aromatic heterocycles. The molecule has 0 aliphatic carbocycles. The summed E-state index contributed by atoms with van der Waals surface area (Å²) in [6.45, 7) is 3.91. The van der Waals surface area contributed by atoms with Crippen LogP contribution in [-0.2, 0) is 6.54 Å². The zero-order chi connectivity index (χ0) is 15.4. The van der Waals surface area contributed by atoms with Crippen LogP contribution >= 0.6 is 11.3 Å². The molecule has 5 nitrogen and oxygen atoms in total. The van der Waals surface area contributed by atoms with Gasteiger partial charge in [0.05, 0.1) is 6.54 Å². The van der Waals surface area contributed by atoms with Gasteiger partial charge in [-0.15, -0.1) is 11.3 Å². The maximum absolute atomic E-state index is 12.9. The van der Waals surface area contributed by atoms with Crippen LogP contribution in [0.3, 0.4) is 0 Å². The first-order valence-electron chi connectivity index (χ1n) is 7.16. The molecule has 3 rings (SSSR count). The molecule has 0 amide bonds. The Labute approximate surface area is 132 Å². The third-order valence-electron chi connectivity index (χ3n) is 3.63. The van der Waals surface area contributed by atoms with Crippen molar-refractivity contribution >= 4 is 22.4 Å². The van der Waals surface area contributed by atoms with Crippen LogP contribution in [0.2, 0.25) is 0 Å². The van der Waals surface area contributed by atoms with Crippen LogP contribution in [0.4, 0.5) is 9.52 Å². The molecule has 1 fully saturated rings. The minimum atomic E-state index is -0.237. The van der Waals surface area contributed by atoms with Crippen molar-refractivity contribution in [3.63, 3.8) is 0 Å². The van der Waals surface area contributed by atoms with E-state index in [1.165, 1.54) is 12.1 Å². The lowest BCUT2D eigenvalue weighted by atomic mass is 10.2. The monoisotopic (exact) mass is 319 g/mol. The van der Waals surface area contributed by atoms with Crippen molar-refractivity contribution in [2.45, 2.75) is 6.54 Å². The number of nitrogens with zero attached hydrogens (tertiary/aromatic N) is 4. The highest BCUT2D eigenvalue weighted by Crippen LogP contribution is 2.18. The lowest BCUT2D eigenvalue weighted by Gasteiger charge is -2.35. The first-order chi connectivity index (χ1) is 10.7. The Morgan fingerprint density at radius 1 is 1.23 bits per heavy atom. The summed E-state index contributed by atoms with van der Waals surface area (Å²) in [5, 5.41) is 3.04. The molecule has 116 valence electrons. The van der Waals surface area contributed by atoms with E-state index in [-0.39, 0.29) is 5.82 Å². The van der Waals surface area contributed by atoms with Crippen molar-refractivity contribution in [1.82, 2.24) is 9.88 Å². The molecular formula is C15H18FN5S. The fourth-order valence-corrected chi connectivity index (χ4v) is 3.06. The van der Waals surface area contributed by atoms with Gasteiger partial charge in [0, 0.05) is 37.8 Å². The van der Waals surface area contributed by atoms with Crippen molar-refractivity contribution in [1.29, 1.82) is 0 Å². The Kier molecular flexibility index (Phi) is 4.53. The van der Waals surface area contributed by atoms with E-state index in [4.69, 9.17) is 5.73 Å². The highest BCUT2D eigenvalue weighted by molar-refractivity contribution is 7.13. The smallest absolute Gasteiger partial charge is 0.191 e. The van der Waals surface area contributed by atoms with Gasteiger partial charge in [-0.3, -0.25) is 0 Å². The van der Waals surface area contributed by atoms with E-state index in [0.717, 1.165) is 36.9 Å². The second-order valence-electron chi connectivity index (χ2n) is 5.09. The molecule has 7 heteroatoms. The maximum atomic E-state index is 12.9. The first-order valence-corrected chi connectivity index (χ1v) is 8.04. The van der Waals surface area contributed by atoms with Crippen molar-refractivity contribution in [2.24, 2.45) is 10.7 Å². The van der Waals surface area contributed by atoms with E-state index in [2.05, 4.69) is 19.8 Å². The Morgan fingerprint density at radius 3 is 2.59 bits per heavy atom. The SMILES string of the molecule is NC(=NCc1ccc(F)cc1)N1CCN(c2nccs2)CC1. The van der Waals surface area contributed by atoms with Crippen molar-refractivity contribution < 1.29 is 4.39 Å². The quantitative estimate of drug-likeness (QED) is 0.694. The summed E-state index contributed by atoms with van der Waals surface area (Å²) in [4.78, 5) is 13.1. The third-order valence-corrected chi connectivity index (χ3v) is 4.46. The number of hydrogen-bond donors (Lipinski definition) is 1. The number of aliphatic imine (C=N–C) groups is 1. The van der Waals surface area contributed by atoms with E-state index in [1.807, 2.05) is 11.6 Å². The second-order valence-corrected chi connectivity index (χ2v) is 5.96. The maximum Gasteiger partial charge on any atom is 0.191 e. The number of piperazine rings is 1. The van der Waals surface area contributed by atoms with E-state index < -0.39 is 0 Å².